The molecule has 2 aromatic carbocycles. The van der Waals surface area contributed by atoms with Crippen LogP contribution in [0.15, 0.2) is 36.4 Å². The molecular formula is C19H18Cl2N2O2. The topological polar surface area (TPSA) is 58.2 Å². The summed E-state index contributed by atoms with van der Waals surface area (Å²) in [6.45, 7) is 3.75. The fraction of sp³-hybridized carbons (Fsp3) is 0.263. The third-order valence-corrected chi connectivity index (χ3v) is 4.83. The highest BCUT2D eigenvalue weighted by atomic mass is 35.5. The monoisotopic (exact) mass is 376 g/mol. The Hall–Kier alpha value is -2.04. The first-order valence-corrected chi connectivity index (χ1v) is 8.75. The average molecular weight is 377 g/mol. The first kappa shape index (κ1) is 17.8. The molecule has 0 aliphatic heterocycles. The predicted octanol–water partition coefficient (Wildman–Crippen LogP) is 4.82. The molecule has 130 valence electrons. The number of hydrogen-bond acceptors (Lipinski definition) is 2. The summed E-state index contributed by atoms with van der Waals surface area (Å²) >= 11 is 11.8. The molecule has 2 N–H and O–H groups in total. The molecule has 2 atom stereocenters. The zero-order valence-corrected chi connectivity index (χ0v) is 15.4. The number of amides is 2. The standard InChI is InChI=1S/C19H18Cl2N2O2/c1-10-7-12(20)3-5-16(10)22-18(24)14-9-15(14)19(25)23-17-6-4-13(21)8-11(17)2/h3-8,14-15H,9H2,1-2H3,(H,22,24)(H,23,25). The van der Waals surface area contributed by atoms with Gasteiger partial charge < -0.3 is 10.6 Å². The largest absolute Gasteiger partial charge is 0.326 e. The fourth-order valence-corrected chi connectivity index (χ4v) is 3.21. The van der Waals surface area contributed by atoms with Gasteiger partial charge in [-0.2, -0.15) is 0 Å². The summed E-state index contributed by atoms with van der Waals surface area (Å²) in [5.41, 5.74) is 3.21. The highest BCUT2D eigenvalue weighted by Crippen LogP contribution is 2.40. The zero-order chi connectivity index (χ0) is 18.1. The van der Waals surface area contributed by atoms with Crippen LogP contribution in [-0.2, 0) is 9.59 Å². The van der Waals surface area contributed by atoms with Gasteiger partial charge >= 0.3 is 0 Å². The lowest BCUT2D eigenvalue weighted by molar-refractivity contribution is -0.122. The summed E-state index contributed by atoms with van der Waals surface area (Å²) in [6.07, 6.45) is 0.553. The van der Waals surface area contributed by atoms with Gasteiger partial charge in [0.25, 0.3) is 0 Å². The SMILES string of the molecule is Cc1cc(Cl)ccc1NC(=O)C1CC1C(=O)Nc1ccc(Cl)cc1C. The first-order chi connectivity index (χ1) is 11.8. The molecule has 1 aliphatic rings. The van der Waals surface area contributed by atoms with Crippen LogP contribution in [0.5, 0.6) is 0 Å². The van der Waals surface area contributed by atoms with Crippen molar-refractivity contribution in [3.63, 3.8) is 0 Å². The van der Waals surface area contributed by atoms with Crippen molar-refractivity contribution in [1.29, 1.82) is 0 Å². The normalized spacial score (nSPS) is 18.6. The van der Waals surface area contributed by atoms with E-state index in [1.54, 1.807) is 36.4 Å². The van der Waals surface area contributed by atoms with Gasteiger partial charge in [-0.1, -0.05) is 23.2 Å². The van der Waals surface area contributed by atoms with Crippen molar-refractivity contribution in [2.75, 3.05) is 10.6 Å². The number of hydrogen-bond donors (Lipinski definition) is 2. The highest BCUT2D eigenvalue weighted by Gasteiger charge is 2.48. The van der Waals surface area contributed by atoms with Crippen molar-refractivity contribution in [2.24, 2.45) is 11.8 Å². The van der Waals surface area contributed by atoms with E-state index in [0.717, 1.165) is 11.1 Å². The summed E-state index contributed by atoms with van der Waals surface area (Å²) in [5.74, 6) is -0.887. The van der Waals surface area contributed by atoms with Gasteiger partial charge in [-0.3, -0.25) is 9.59 Å². The van der Waals surface area contributed by atoms with E-state index in [2.05, 4.69) is 10.6 Å². The van der Waals surface area contributed by atoms with Crippen LogP contribution in [0.2, 0.25) is 10.0 Å². The number of nitrogens with one attached hydrogen (secondary N) is 2. The lowest BCUT2D eigenvalue weighted by atomic mass is 10.2. The third-order valence-electron chi connectivity index (χ3n) is 4.36. The molecule has 0 bridgehead atoms. The predicted molar refractivity (Wildman–Crippen MR) is 101 cm³/mol. The number of carbonyl (C=O) groups excluding carboxylic acids is 2. The molecule has 0 heterocycles. The Morgan fingerprint density at radius 2 is 1.24 bits per heavy atom. The number of anilines is 2. The smallest absolute Gasteiger partial charge is 0.228 e. The highest BCUT2D eigenvalue weighted by molar-refractivity contribution is 6.31. The molecule has 3 rings (SSSR count). The lowest BCUT2D eigenvalue weighted by Gasteiger charge is -2.10. The fourth-order valence-electron chi connectivity index (χ4n) is 2.76. The number of rotatable bonds is 4. The molecule has 25 heavy (non-hydrogen) atoms. The Balaban J connectivity index is 1.59. The molecule has 1 fully saturated rings. The molecule has 4 nitrogen and oxygen atoms in total. The van der Waals surface area contributed by atoms with Gasteiger partial charge in [0.05, 0.1) is 11.8 Å². The second-order valence-corrected chi connectivity index (χ2v) is 7.22. The summed E-state index contributed by atoms with van der Waals surface area (Å²) in [7, 11) is 0. The Morgan fingerprint density at radius 3 is 1.60 bits per heavy atom. The molecular weight excluding hydrogens is 359 g/mol. The van der Waals surface area contributed by atoms with E-state index in [4.69, 9.17) is 23.2 Å². The van der Waals surface area contributed by atoms with Crippen molar-refractivity contribution in [3.8, 4) is 0 Å². The van der Waals surface area contributed by atoms with Crippen LogP contribution in [-0.4, -0.2) is 11.8 Å². The van der Waals surface area contributed by atoms with Crippen molar-refractivity contribution in [3.05, 3.63) is 57.6 Å². The lowest BCUT2D eigenvalue weighted by Crippen LogP contribution is -2.21. The quantitative estimate of drug-likeness (QED) is 0.802. The van der Waals surface area contributed by atoms with Crippen LogP contribution < -0.4 is 10.6 Å². The Morgan fingerprint density at radius 1 is 0.840 bits per heavy atom. The first-order valence-electron chi connectivity index (χ1n) is 7.99. The van der Waals surface area contributed by atoms with Crippen LogP contribution in [0.1, 0.15) is 17.5 Å². The van der Waals surface area contributed by atoms with Crippen LogP contribution in [0.3, 0.4) is 0 Å². The van der Waals surface area contributed by atoms with E-state index in [9.17, 15) is 9.59 Å². The molecule has 2 unspecified atom stereocenters. The Kier molecular flexibility index (Phi) is 5.02. The maximum Gasteiger partial charge on any atom is 0.228 e. The molecule has 2 amide bonds. The second-order valence-electron chi connectivity index (χ2n) is 6.35. The van der Waals surface area contributed by atoms with E-state index in [1.807, 2.05) is 13.8 Å². The van der Waals surface area contributed by atoms with Gasteiger partial charge in [-0.05, 0) is 67.8 Å². The maximum atomic E-state index is 12.3. The molecule has 0 spiro atoms. The minimum absolute atomic E-state index is 0.140. The number of benzene rings is 2. The molecule has 1 aliphatic carbocycles. The van der Waals surface area contributed by atoms with Gasteiger partial charge in [-0.25, -0.2) is 0 Å². The molecule has 0 radical (unpaired) electrons. The second kappa shape index (κ2) is 7.06. The summed E-state index contributed by atoms with van der Waals surface area (Å²) in [5, 5.41) is 6.99. The van der Waals surface area contributed by atoms with E-state index in [1.165, 1.54) is 0 Å². The van der Waals surface area contributed by atoms with Crippen molar-refractivity contribution in [1.82, 2.24) is 0 Å². The van der Waals surface area contributed by atoms with Crippen molar-refractivity contribution in [2.45, 2.75) is 20.3 Å². The van der Waals surface area contributed by atoms with Crippen LogP contribution in [0, 0.1) is 25.7 Å². The van der Waals surface area contributed by atoms with E-state index in [0.29, 0.717) is 27.8 Å². The van der Waals surface area contributed by atoms with Crippen LogP contribution in [0.25, 0.3) is 0 Å². The van der Waals surface area contributed by atoms with Crippen molar-refractivity contribution >= 4 is 46.4 Å². The number of carbonyl (C=O) groups is 2. The number of halogens is 2. The Labute approximate surface area is 156 Å². The summed E-state index contributed by atoms with van der Waals surface area (Å²) < 4.78 is 0. The molecule has 0 saturated heterocycles. The van der Waals surface area contributed by atoms with Gasteiger partial charge in [0.2, 0.25) is 11.8 Å². The van der Waals surface area contributed by atoms with Gasteiger partial charge in [0.1, 0.15) is 0 Å². The van der Waals surface area contributed by atoms with Crippen LogP contribution >= 0.6 is 23.2 Å². The minimum Gasteiger partial charge on any atom is -0.326 e. The summed E-state index contributed by atoms with van der Waals surface area (Å²) in [4.78, 5) is 24.7. The minimum atomic E-state index is -0.303. The van der Waals surface area contributed by atoms with Gasteiger partial charge in [0.15, 0.2) is 0 Å². The average Bonchev–Trinajstić information content (AvgIpc) is 3.33. The number of aryl methyl sites for hydroxylation is 2. The summed E-state index contributed by atoms with van der Waals surface area (Å²) in [6, 6.07) is 10.6. The van der Waals surface area contributed by atoms with E-state index < -0.39 is 0 Å². The molecule has 1 saturated carbocycles. The zero-order valence-electron chi connectivity index (χ0n) is 13.9. The van der Waals surface area contributed by atoms with Gasteiger partial charge in [-0.15, -0.1) is 0 Å². The van der Waals surface area contributed by atoms with E-state index in [-0.39, 0.29) is 23.7 Å². The maximum absolute atomic E-state index is 12.3. The van der Waals surface area contributed by atoms with Gasteiger partial charge in [0, 0.05) is 21.4 Å². The van der Waals surface area contributed by atoms with Crippen molar-refractivity contribution < 1.29 is 9.59 Å². The molecule has 2 aromatic rings. The molecule has 0 aromatic heterocycles. The van der Waals surface area contributed by atoms with Crippen LogP contribution in [0.4, 0.5) is 11.4 Å². The van der Waals surface area contributed by atoms with E-state index >= 15 is 0 Å². The third kappa shape index (κ3) is 4.14. The Bertz CT molecular complexity index is 782. The molecule has 6 heteroatoms.